The number of amides is 1. The van der Waals surface area contributed by atoms with Crippen molar-refractivity contribution in [3.8, 4) is 0 Å². The number of nitrogens with zero attached hydrogens (tertiary/aromatic N) is 1. The molecule has 2 aromatic rings. The predicted molar refractivity (Wildman–Crippen MR) is 96.4 cm³/mol. The van der Waals surface area contributed by atoms with E-state index in [1.165, 1.54) is 6.07 Å². The maximum Gasteiger partial charge on any atom is 0.276 e. The quantitative estimate of drug-likeness (QED) is 0.622. The van der Waals surface area contributed by atoms with Crippen LogP contribution < -0.4 is 15.8 Å². The average molecular weight is 386 g/mol. The third-order valence-corrected chi connectivity index (χ3v) is 5.03. The van der Waals surface area contributed by atoms with E-state index in [9.17, 15) is 13.2 Å². The topological polar surface area (TPSA) is 130 Å². The highest BCUT2D eigenvalue weighted by atomic mass is 35.5. The molecule has 0 fully saturated rings. The minimum Gasteiger partial charge on any atom is -0.321 e. The van der Waals surface area contributed by atoms with Crippen molar-refractivity contribution in [3.63, 3.8) is 0 Å². The SMILES string of the molecule is CCc1ccc(NC(=O)c2n[nH]c3c2CNCC3)cc1S(N)(=O)=O.Cl. The van der Waals surface area contributed by atoms with Gasteiger partial charge in [-0.3, -0.25) is 9.89 Å². The lowest BCUT2D eigenvalue weighted by molar-refractivity contribution is 0.102. The van der Waals surface area contributed by atoms with Crippen LogP contribution in [0.4, 0.5) is 5.69 Å². The number of aryl methyl sites for hydroxylation is 1. The fourth-order valence-electron chi connectivity index (χ4n) is 2.79. The second kappa shape index (κ2) is 7.52. The molecule has 10 heteroatoms. The normalized spacial score (nSPS) is 13.7. The molecule has 1 amide bonds. The lowest BCUT2D eigenvalue weighted by Gasteiger charge is -2.13. The molecule has 136 valence electrons. The number of benzene rings is 1. The summed E-state index contributed by atoms with van der Waals surface area (Å²) in [5.41, 5.74) is 3.08. The van der Waals surface area contributed by atoms with Crippen LogP contribution >= 0.6 is 12.4 Å². The summed E-state index contributed by atoms with van der Waals surface area (Å²) < 4.78 is 23.4. The highest BCUT2D eigenvalue weighted by molar-refractivity contribution is 7.89. The minimum absolute atomic E-state index is 0. The fourth-order valence-corrected chi connectivity index (χ4v) is 3.66. The highest BCUT2D eigenvalue weighted by Gasteiger charge is 2.22. The molecule has 0 saturated heterocycles. The number of anilines is 1. The summed E-state index contributed by atoms with van der Waals surface area (Å²) in [4.78, 5) is 12.5. The van der Waals surface area contributed by atoms with Crippen LogP contribution in [0.15, 0.2) is 23.1 Å². The van der Waals surface area contributed by atoms with E-state index >= 15 is 0 Å². The Morgan fingerprint density at radius 1 is 1.40 bits per heavy atom. The van der Waals surface area contributed by atoms with Crippen molar-refractivity contribution in [2.24, 2.45) is 5.14 Å². The molecule has 1 aliphatic heterocycles. The highest BCUT2D eigenvalue weighted by Crippen LogP contribution is 2.22. The molecule has 5 N–H and O–H groups in total. The van der Waals surface area contributed by atoms with Crippen molar-refractivity contribution in [3.05, 3.63) is 40.7 Å². The molecule has 25 heavy (non-hydrogen) atoms. The van der Waals surface area contributed by atoms with Crippen molar-refractivity contribution in [1.82, 2.24) is 15.5 Å². The van der Waals surface area contributed by atoms with Gasteiger partial charge in [0.05, 0.1) is 4.90 Å². The van der Waals surface area contributed by atoms with Gasteiger partial charge in [-0.05, 0) is 24.1 Å². The number of primary sulfonamides is 1. The zero-order valence-electron chi connectivity index (χ0n) is 13.6. The zero-order chi connectivity index (χ0) is 17.3. The molecule has 1 aromatic heterocycles. The summed E-state index contributed by atoms with van der Waals surface area (Å²) in [6.45, 7) is 3.25. The molecule has 0 unspecified atom stereocenters. The Balaban J connectivity index is 0.00000225. The first-order chi connectivity index (χ1) is 11.4. The Labute approximate surface area is 152 Å². The van der Waals surface area contributed by atoms with Gasteiger partial charge in [0.1, 0.15) is 0 Å². The summed E-state index contributed by atoms with van der Waals surface area (Å²) >= 11 is 0. The van der Waals surface area contributed by atoms with Crippen LogP contribution in [0.1, 0.15) is 34.2 Å². The summed E-state index contributed by atoms with van der Waals surface area (Å²) in [7, 11) is -3.86. The van der Waals surface area contributed by atoms with E-state index in [0.29, 0.717) is 29.9 Å². The number of H-pyrrole nitrogens is 1. The van der Waals surface area contributed by atoms with Gasteiger partial charge in [-0.25, -0.2) is 13.6 Å². The van der Waals surface area contributed by atoms with E-state index in [1.807, 2.05) is 6.92 Å². The first-order valence-corrected chi connectivity index (χ1v) is 9.18. The van der Waals surface area contributed by atoms with Crippen LogP contribution in [0.3, 0.4) is 0 Å². The smallest absolute Gasteiger partial charge is 0.276 e. The third kappa shape index (κ3) is 4.01. The number of rotatable bonds is 4. The number of hydrogen-bond donors (Lipinski definition) is 4. The molecule has 1 aromatic carbocycles. The van der Waals surface area contributed by atoms with Crippen molar-refractivity contribution >= 4 is 34.0 Å². The van der Waals surface area contributed by atoms with Gasteiger partial charge in [-0.1, -0.05) is 13.0 Å². The van der Waals surface area contributed by atoms with Crippen LogP contribution in [0, 0.1) is 0 Å². The van der Waals surface area contributed by atoms with E-state index in [1.54, 1.807) is 12.1 Å². The second-order valence-electron chi connectivity index (χ2n) is 5.63. The van der Waals surface area contributed by atoms with E-state index in [-0.39, 0.29) is 23.2 Å². The first-order valence-electron chi connectivity index (χ1n) is 7.64. The summed E-state index contributed by atoms with van der Waals surface area (Å²) in [5, 5.41) is 18.1. The Hall–Kier alpha value is -1.94. The number of nitrogens with two attached hydrogens (primary N) is 1. The first kappa shape index (κ1) is 19.4. The van der Waals surface area contributed by atoms with Crippen LogP contribution in [0.25, 0.3) is 0 Å². The number of carbonyl (C=O) groups excluding carboxylic acids is 1. The number of carbonyl (C=O) groups is 1. The van der Waals surface area contributed by atoms with Gasteiger partial charge in [0.25, 0.3) is 5.91 Å². The maximum absolute atomic E-state index is 12.5. The van der Waals surface area contributed by atoms with Gasteiger partial charge >= 0.3 is 0 Å². The molecule has 0 aliphatic carbocycles. The number of sulfonamides is 1. The molecule has 3 rings (SSSR count). The maximum atomic E-state index is 12.5. The van der Waals surface area contributed by atoms with Crippen LogP contribution in [-0.4, -0.2) is 31.1 Å². The number of fused-ring (bicyclic) bond motifs is 1. The third-order valence-electron chi connectivity index (χ3n) is 4.03. The van der Waals surface area contributed by atoms with Gasteiger partial charge < -0.3 is 10.6 Å². The molecule has 1 aliphatic rings. The Kier molecular flexibility index (Phi) is 5.83. The summed E-state index contributed by atoms with van der Waals surface area (Å²) in [6, 6.07) is 4.68. The summed E-state index contributed by atoms with van der Waals surface area (Å²) in [5.74, 6) is -0.388. The van der Waals surface area contributed by atoms with Gasteiger partial charge in [0.2, 0.25) is 10.0 Å². The molecule has 0 spiro atoms. The fraction of sp³-hybridized carbons (Fsp3) is 0.333. The lowest BCUT2D eigenvalue weighted by atomic mass is 10.1. The van der Waals surface area contributed by atoms with E-state index in [2.05, 4.69) is 20.8 Å². The molecular weight excluding hydrogens is 366 g/mol. The van der Waals surface area contributed by atoms with Gasteiger partial charge in [0.15, 0.2) is 5.69 Å². The average Bonchev–Trinajstić information content (AvgIpc) is 2.98. The number of hydrogen-bond acceptors (Lipinski definition) is 5. The number of nitrogens with one attached hydrogen (secondary N) is 3. The van der Waals surface area contributed by atoms with Gasteiger partial charge in [0, 0.05) is 36.5 Å². The molecule has 0 bridgehead atoms. The molecule has 0 atom stereocenters. The molecular formula is C15H20ClN5O3S. The van der Waals surface area contributed by atoms with Crippen LogP contribution in [0.2, 0.25) is 0 Å². The molecule has 0 saturated carbocycles. The Morgan fingerprint density at radius 2 is 2.16 bits per heavy atom. The van der Waals surface area contributed by atoms with Gasteiger partial charge in [-0.15, -0.1) is 12.4 Å². The monoisotopic (exact) mass is 385 g/mol. The van der Waals surface area contributed by atoms with Crippen molar-refractivity contribution in [1.29, 1.82) is 0 Å². The molecule has 0 radical (unpaired) electrons. The number of aromatic amines is 1. The lowest BCUT2D eigenvalue weighted by Crippen LogP contribution is -2.25. The summed E-state index contributed by atoms with van der Waals surface area (Å²) in [6.07, 6.45) is 1.31. The second-order valence-corrected chi connectivity index (χ2v) is 7.16. The largest absolute Gasteiger partial charge is 0.321 e. The minimum atomic E-state index is -3.86. The zero-order valence-corrected chi connectivity index (χ0v) is 15.3. The van der Waals surface area contributed by atoms with Crippen LogP contribution in [-0.2, 0) is 29.4 Å². The van der Waals surface area contributed by atoms with Crippen LogP contribution in [0.5, 0.6) is 0 Å². The molecule has 8 nitrogen and oxygen atoms in total. The Morgan fingerprint density at radius 3 is 2.84 bits per heavy atom. The van der Waals surface area contributed by atoms with E-state index < -0.39 is 10.0 Å². The van der Waals surface area contributed by atoms with Gasteiger partial charge in [-0.2, -0.15) is 5.10 Å². The standard InChI is InChI=1S/C15H19N5O3S.ClH/c1-2-9-3-4-10(7-13(9)24(16,22)23)18-15(21)14-11-8-17-6-5-12(11)19-20-14;/h3-4,7,17H,2,5-6,8H2,1H3,(H,18,21)(H,19,20)(H2,16,22,23);1H. The Bertz CT molecular complexity index is 895. The molecule has 2 heterocycles. The van der Waals surface area contributed by atoms with Crippen molar-refractivity contribution in [2.45, 2.75) is 31.2 Å². The van der Waals surface area contributed by atoms with E-state index in [4.69, 9.17) is 5.14 Å². The predicted octanol–water partition coefficient (Wildman–Crippen LogP) is 0.939. The van der Waals surface area contributed by atoms with Crippen molar-refractivity contribution < 1.29 is 13.2 Å². The number of halogens is 1. The number of aromatic nitrogens is 2. The van der Waals surface area contributed by atoms with Crippen molar-refractivity contribution in [2.75, 3.05) is 11.9 Å². The van der Waals surface area contributed by atoms with E-state index in [0.717, 1.165) is 24.2 Å².